The van der Waals surface area contributed by atoms with Gasteiger partial charge in [-0.3, -0.25) is 28.8 Å². The normalized spacial score (nSPS) is 12.6. The van der Waals surface area contributed by atoms with Crippen molar-refractivity contribution in [2.24, 2.45) is 0 Å². The van der Waals surface area contributed by atoms with E-state index in [0.717, 1.165) is 38.5 Å². The lowest BCUT2D eigenvalue weighted by Crippen LogP contribution is -2.51. The van der Waals surface area contributed by atoms with Gasteiger partial charge in [0.1, 0.15) is 18.1 Å². The van der Waals surface area contributed by atoms with E-state index in [1.54, 1.807) is 0 Å². The maximum atomic E-state index is 13.1. The summed E-state index contributed by atoms with van der Waals surface area (Å²) in [6.45, 7) is 4.54. The highest BCUT2D eigenvalue weighted by molar-refractivity contribution is 5.91. The number of carbonyl (C=O) groups is 7. The topological polar surface area (TPSA) is 228 Å². The quantitative estimate of drug-likeness (QED) is 0.0294. The number of carboxylic acids is 3. The summed E-state index contributed by atoms with van der Waals surface area (Å²) in [5, 5.41) is 38.5. The largest absolute Gasteiger partial charge is 0.481 e. The number of aliphatic carboxylic acids is 3. The molecule has 58 heavy (non-hydrogen) atoms. The molecule has 0 fully saturated rings. The summed E-state index contributed by atoms with van der Waals surface area (Å²) in [7, 11) is 0. The molecule has 0 bridgehead atoms. The molecule has 0 aliphatic heterocycles. The summed E-state index contributed by atoms with van der Waals surface area (Å²) in [5.74, 6) is -5.54. The molecule has 4 amide bonds. The second-order valence-electron chi connectivity index (χ2n) is 15.9. The minimum Gasteiger partial charge on any atom is -0.481 e. The summed E-state index contributed by atoms with van der Waals surface area (Å²) in [6, 6.07) is -3.53. The maximum absolute atomic E-state index is 13.1. The van der Waals surface area contributed by atoms with E-state index in [1.807, 2.05) is 0 Å². The number of carbonyl (C=O) groups excluding carboxylic acids is 4. The van der Waals surface area contributed by atoms with Gasteiger partial charge in [0.25, 0.3) is 0 Å². The Morgan fingerprint density at radius 1 is 0.379 bits per heavy atom. The fourth-order valence-electron chi connectivity index (χ4n) is 6.84. The van der Waals surface area contributed by atoms with Crippen molar-refractivity contribution in [2.45, 2.75) is 231 Å². The van der Waals surface area contributed by atoms with Crippen LogP contribution in [0.1, 0.15) is 213 Å². The number of amides is 4. The molecule has 7 N–H and O–H groups in total. The Bertz CT molecular complexity index is 1150. The SMILES string of the molecule is CCCCCCCCCCCCCC(=O)N[C@@H](CCC(=O)O)C(=O)NCCCC[C@H](NC(=O)[C@H](CCC(=O)O)NC(=O)CCCCCCCCCCCCC)C(=O)O. The highest BCUT2D eigenvalue weighted by Crippen LogP contribution is 2.14. The molecule has 0 spiro atoms. The minimum atomic E-state index is -1.31. The molecule has 0 aliphatic carbocycles. The Hall–Kier alpha value is -3.71. The molecule has 0 aromatic heterocycles. The van der Waals surface area contributed by atoms with Crippen LogP contribution in [0.25, 0.3) is 0 Å². The van der Waals surface area contributed by atoms with E-state index >= 15 is 0 Å². The molecule has 14 nitrogen and oxygen atoms in total. The van der Waals surface area contributed by atoms with Crippen molar-refractivity contribution < 1.29 is 48.9 Å². The van der Waals surface area contributed by atoms with Crippen LogP contribution in [0.2, 0.25) is 0 Å². The molecule has 0 aromatic carbocycles. The van der Waals surface area contributed by atoms with Crippen molar-refractivity contribution in [1.82, 2.24) is 21.3 Å². The van der Waals surface area contributed by atoms with Crippen LogP contribution in [0.3, 0.4) is 0 Å². The van der Waals surface area contributed by atoms with Crippen molar-refractivity contribution in [1.29, 1.82) is 0 Å². The van der Waals surface area contributed by atoms with Crippen molar-refractivity contribution in [3.63, 3.8) is 0 Å². The van der Waals surface area contributed by atoms with Crippen molar-refractivity contribution in [3.05, 3.63) is 0 Å². The second kappa shape index (κ2) is 37.6. The third-order valence-corrected chi connectivity index (χ3v) is 10.4. The fraction of sp³-hybridized carbons (Fsp3) is 0.841. The van der Waals surface area contributed by atoms with Crippen LogP contribution in [0.4, 0.5) is 0 Å². The molecule has 3 atom stereocenters. The Labute approximate surface area is 348 Å². The number of nitrogens with one attached hydrogen (secondary N) is 4. The molecule has 0 unspecified atom stereocenters. The van der Waals surface area contributed by atoms with E-state index in [2.05, 4.69) is 35.1 Å². The van der Waals surface area contributed by atoms with E-state index in [-0.39, 0.29) is 63.8 Å². The smallest absolute Gasteiger partial charge is 0.326 e. The molecule has 0 heterocycles. The van der Waals surface area contributed by atoms with E-state index in [4.69, 9.17) is 5.11 Å². The van der Waals surface area contributed by atoms with Crippen molar-refractivity contribution in [3.8, 4) is 0 Å². The van der Waals surface area contributed by atoms with Crippen LogP contribution in [-0.4, -0.2) is 81.5 Å². The third kappa shape index (κ3) is 33.3. The number of unbranched alkanes of at least 4 members (excludes halogenated alkanes) is 21. The van der Waals surface area contributed by atoms with Crippen molar-refractivity contribution >= 4 is 41.5 Å². The molecule has 0 aromatic rings. The zero-order valence-electron chi connectivity index (χ0n) is 36.1. The van der Waals surface area contributed by atoms with Gasteiger partial charge in [0.15, 0.2) is 0 Å². The first-order valence-electron chi connectivity index (χ1n) is 22.7. The van der Waals surface area contributed by atoms with Gasteiger partial charge >= 0.3 is 17.9 Å². The van der Waals surface area contributed by atoms with Crippen LogP contribution in [0, 0.1) is 0 Å². The predicted molar refractivity (Wildman–Crippen MR) is 226 cm³/mol. The van der Waals surface area contributed by atoms with Gasteiger partial charge in [-0.2, -0.15) is 0 Å². The monoisotopic (exact) mass is 825 g/mol. The molecule has 14 heteroatoms. The zero-order valence-corrected chi connectivity index (χ0v) is 36.1. The molecular formula is C44H80N4O10. The van der Waals surface area contributed by atoms with E-state index in [9.17, 15) is 43.8 Å². The van der Waals surface area contributed by atoms with Gasteiger partial charge in [-0.1, -0.05) is 142 Å². The van der Waals surface area contributed by atoms with Gasteiger partial charge in [-0.05, 0) is 44.9 Å². The van der Waals surface area contributed by atoms with E-state index in [1.165, 1.54) is 89.9 Å². The van der Waals surface area contributed by atoms with Gasteiger partial charge < -0.3 is 36.6 Å². The van der Waals surface area contributed by atoms with Crippen LogP contribution in [-0.2, 0) is 33.6 Å². The molecule has 0 aliphatic rings. The van der Waals surface area contributed by atoms with Gasteiger partial charge in [-0.15, -0.1) is 0 Å². The summed E-state index contributed by atoms with van der Waals surface area (Å²) < 4.78 is 0. The average Bonchev–Trinajstić information content (AvgIpc) is 3.18. The lowest BCUT2D eigenvalue weighted by atomic mass is 10.0. The lowest BCUT2D eigenvalue weighted by molar-refractivity contribution is -0.143. The summed E-state index contributed by atoms with van der Waals surface area (Å²) in [6.07, 6.45) is 25.0. The molecule has 0 radical (unpaired) electrons. The molecule has 0 rings (SSSR count). The summed E-state index contributed by atoms with van der Waals surface area (Å²) in [4.78, 5) is 85.7. The number of hydrogen-bond acceptors (Lipinski definition) is 7. The Balaban J connectivity index is 4.70. The number of hydrogen-bond donors (Lipinski definition) is 7. The summed E-state index contributed by atoms with van der Waals surface area (Å²) >= 11 is 0. The Morgan fingerprint density at radius 2 is 0.741 bits per heavy atom. The highest BCUT2D eigenvalue weighted by atomic mass is 16.4. The Kier molecular flexibility index (Phi) is 35.2. The van der Waals surface area contributed by atoms with E-state index in [0.29, 0.717) is 19.3 Å². The second-order valence-corrected chi connectivity index (χ2v) is 15.9. The van der Waals surface area contributed by atoms with Crippen LogP contribution >= 0.6 is 0 Å². The fourth-order valence-corrected chi connectivity index (χ4v) is 6.84. The Morgan fingerprint density at radius 3 is 1.10 bits per heavy atom. The van der Waals surface area contributed by atoms with Gasteiger partial charge in [0, 0.05) is 32.2 Å². The number of rotatable bonds is 41. The third-order valence-electron chi connectivity index (χ3n) is 10.4. The predicted octanol–water partition coefficient (Wildman–Crippen LogP) is 7.94. The van der Waals surface area contributed by atoms with Crippen LogP contribution in [0.15, 0.2) is 0 Å². The van der Waals surface area contributed by atoms with Gasteiger partial charge in [-0.25, -0.2) is 4.79 Å². The summed E-state index contributed by atoms with van der Waals surface area (Å²) in [5.41, 5.74) is 0. The minimum absolute atomic E-state index is 0.00736. The first-order chi connectivity index (χ1) is 27.9. The standard InChI is InChI=1S/C44H80N4O10/c1-3-5-7-9-11-13-15-17-19-21-23-28-38(49)46-35(30-32-40(51)52)42(55)45-34-26-25-27-37(44(57)58)48-43(56)36(31-33-41(53)54)47-39(50)29-24-22-20-18-16-14-12-10-8-6-4-2/h35-37H,3-34H2,1-2H3,(H,45,55)(H,46,49)(H,47,50)(H,48,56)(H,51,52)(H,53,54)(H,57,58)/t35-,36-,37-/m0/s1. The molecular weight excluding hydrogens is 745 g/mol. The average molecular weight is 825 g/mol. The molecule has 0 saturated carbocycles. The maximum Gasteiger partial charge on any atom is 0.326 e. The lowest BCUT2D eigenvalue weighted by Gasteiger charge is -2.21. The molecule has 336 valence electrons. The zero-order chi connectivity index (χ0) is 43.2. The van der Waals surface area contributed by atoms with Crippen LogP contribution in [0.5, 0.6) is 0 Å². The highest BCUT2D eigenvalue weighted by Gasteiger charge is 2.27. The first-order valence-corrected chi connectivity index (χ1v) is 22.7. The van der Waals surface area contributed by atoms with Gasteiger partial charge in [0.2, 0.25) is 23.6 Å². The van der Waals surface area contributed by atoms with Crippen molar-refractivity contribution in [2.75, 3.05) is 6.54 Å². The number of carboxylic acid groups (broad SMARTS) is 3. The van der Waals surface area contributed by atoms with Gasteiger partial charge in [0.05, 0.1) is 0 Å². The first kappa shape index (κ1) is 54.3. The van der Waals surface area contributed by atoms with E-state index < -0.39 is 53.8 Å². The molecule has 0 saturated heterocycles. The van der Waals surface area contributed by atoms with Crippen LogP contribution < -0.4 is 21.3 Å².